The highest BCUT2D eigenvalue weighted by Gasteiger charge is 2.27. The van der Waals surface area contributed by atoms with Crippen LogP contribution in [-0.4, -0.2) is 80.0 Å². The lowest BCUT2D eigenvalue weighted by atomic mass is 9.93. The van der Waals surface area contributed by atoms with Crippen molar-refractivity contribution >= 4 is 23.1 Å². The number of fused-ring (bicyclic) bond motifs is 1. The molecule has 3 aromatic rings. The second-order valence-electron chi connectivity index (χ2n) is 12.6. The van der Waals surface area contributed by atoms with Crippen LogP contribution < -0.4 is 5.32 Å². The van der Waals surface area contributed by atoms with Crippen molar-refractivity contribution in [2.24, 2.45) is 0 Å². The largest absolute Gasteiger partial charge is 0.444 e. The van der Waals surface area contributed by atoms with E-state index < -0.39 is 5.60 Å². The predicted octanol–water partition coefficient (Wildman–Crippen LogP) is 5.84. The highest BCUT2D eigenvalue weighted by Crippen LogP contribution is 2.36. The second-order valence-corrected chi connectivity index (χ2v) is 12.6. The van der Waals surface area contributed by atoms with Gasteiger partial charge in [0.05, 0.1) is 6.10 Å². The molecule has 1 amide bonds. The summed E-state index contributed by atoms with van der Waals surface area (Å²) >= 11 is 0. The third-order valence-electron chi connectivity index (χ3n) is 8.14. The van der Waals surface area contributed by atoms with Crippen molar-refractivity contribution in [3.63, 3.8) is 0 Å². The van der Waals surface area contributed by atoms with Crippen LogP contribution in [0.15, 0.2) is 36.7 Å². The van der Waals surface area contributed by atoms with Gasteiger partial charge in [0, 0.05) is 68.7 Å². The normalized spacial score (nSPS) is 20.4. The molecule has 1 aromatic carbocycles. The molecule has 41 heavy (non-hydrogen) atoms. The molecule has 3 heterocycles. The van der Waals surface area contributed by atoms with Crippen LogP contribution in [0.5, 0.6) is 0 Å². The summed E-state index contributed by atoms with van der Waals surface area (Å²) in [5.41, 5.74) is 4.04. The molecule has 1 aliphatic heterocycles. The number of aromatic nitrogens is 3. The van der Waals surface area contributed by atoms with Crippen LogP contribution >= 0.6 is 0 Å². The van der Waals surface area contributed by atoms with Gasteiger partial charge in [0.1, 0.15) is 11.2 Å². The smallest absolute Gasteiger partial charge is 0.410 e. The zero-order chi connectivity index (χ0) is 29.0. The lowest BCUT2D eigenvalue weighted by molar-refractivity contribution is 0.0139. The van der Waals surface area contributed by atoms with Gasteiger partial charge in [-0.15, -0.1) is 0 Å². The fraction of sp³-hybridized carbons (Fsp3) is 0.594. The molecule has 9 nitrogen and oxygen atoms in total. The van der Waals surface area contributed by atoms with Crippen LogP contribution in [0.1, 0.15) is 77.8 Å². The van der Waals surface area contributed by atoms with Crippen LogP contribution in [-0.2, 0) is 11.3 Å². The van der Waals surface area contributed by atoms with E-state index in [-0.39, 0.29) is 12.2 Å². The number of carbonyl (C=O) groups excluding carboxylic acids is 1. The first-order valence-electron chi connectivity index (χ1n) is 15.3. The summed E-state index contributed by atoms with van der Waals surface area (Å²) in [7, 11) is 0. The third-order valence-corrected chi connectivity index (χ3v) is 8.14. The quantitative estimate of drug-likeness (QED) is 0.333. The van der Waals surface area contributed by atoms with Crippen LogP contribution in [0.25, 0.3) is 22.2 Å². The number of aliphatic hydroxyl groups excluding tert-OH is 1. The van der Waals surface area contributed by atoms with Crippen LogP contribution in [0.3, 0.4) is 0 Å². The number of hydrogen-bond acceptors (Lipinski definition) is 7. The molecular weight excluding hydrogens is 516 g/mol. The molecule has 2 fully saturated rings. The van der Waals surface area contributed by atoms with E-state index in [9.17, 15) is 9.90 Å². The molecule has 1 aliphatic carbocycles. The molecule has 2 aliphatic rings. The minimum Gasteiger partial charge on any atom is -0.444 e. The van der Waals surface area contributed by atoms with Crippen molar-refractivity contribution in [3.8, 4) is 11.1 Å². The molecule has 1 saturated carbocycles. The molecule has 9 heteroatoms. The minimum atomic E-state index is -0.471. The molecule has 0 radical (unpaired) electrons. The van der Waals surface area contributed by atoms with Crippen LogP contribution in [0, 0.1) is 0 Å². The molecule has 1 saturated heterocycles. The lowest BCUT2D eigenvalue weighted by Crippen LogP contribution is -2.49. The second kappa shape index (κ2) is 12.8. The summed E-state index contributed by atoms with van der Waals surface area (Å²) in [6.45, 7) is 12.6. The van der Waals surface area contributed by atoms with Gasteiger partial charge in [-0.05, 0) is 64.0 Å². The number of anilines is 1. The zero-order valence-corrected chi connectivity index (χ0v) is 25.1. The maximum absolute atomic E-state index is 12.4. The van der Waals surface area contributed by atoms with Crippen molar-refractivity contribution < 1.29 is 14.6 Å². The Bertz CT molecular complexity index is 1300. The van der Waals surface area contributed by atoms with E-state index in [1.54, 1.807) is 4.90 Å². The number of ether oxygens (including phenoxy) is 1. The van der Waals surface area contributed by atoms with Gasteiger partial charge in [-0.2, -0.15) is 4.98 Å². The molecule has 5 rings (SSSR count). The maximum Gasteiger partial charge on any atom is 0.410 e. The highest BCUT2D eigenvalue weighted by molar-refractivity contribution is 5.94. The van der Waals surface area contributed by atoms with Gasteiger partial charge < -0.3 is 24.6 Å². The SMILES string of the molecule is CCCCNc1ncc2c(-c3ccc(CN4CCN(C(=O)OC(C)(C)C)CC4)cc3)cn(C3CCC(O)CC3)c2n1. The summed E-state index contributed by atoms with van der Waals surface area (Å²) in [6, 6.07) is 9.13. The predicted molar refractivity (Wildman–Crippen MR) is 163 cm³/mol. The first kappa shape index (κ1) is 29.3. The fourth-order valence-electron chi connectivity index (χ4n) is 5.80. The van der Waals surface area contributed by atoms with Gasteiger partial charge >= 0.3 is 6.09 Å². The van der Waals surface area contributed by atoms with E-state index in [0.717, 1.165) is 86.9 Å². The maximum atomic E-state index is 12.4. The van der Waals surface area contributed by atoms with Gasteiger partial charge in [-0.3, -0.25) is 4.90 Å². The fourth-order valence-corrected chi connectivity index (χ4v) is 5.80. The first-order valence-corrected chi connectivity index (χ1v) is 15.3. The summed E-state index contributed by atoms with van der Waals surface area (Å²) in [6.07, 6.45) is 9.54. The van der Waals surface area contributed by atoms with Gasteiger partial charge in [0.15, 0.2) is 0 Å². The third kappa shape index (κ3) is 7.38. The molecule has 222 valence electrons. The van der Waals surface area contributed by atoms with Crippen molar-refractivity contribution in [2.75, 3.05) is 38.0 Å². The van der Waals surface area contributed by atoms with Gasteiger partial charge in [0.25, 0.3) is 0 Å². The Labute approximate surface area is 243 Å². The number of nitrogens with one attached hydrogen (secondary N) is 1. The molecule has 2 aromatic heterocycles. The van der Waals surface area contributed by atoms with E-state index in [0.29, 0.717) is 25.1 Å². The highest BCUT2D eigenvalue weighted by atomic mass is 16.6. The van der Waals surface area contributed by atoms with Crippen LogP contribution in [0.4, 0.5) is 10.7 Å². The van der Waals surface area contributed by atoms with Gasteiger partial charge in [0.2, 0.25) is 5.95 Å². The Morgan fingerprint density at radius 3 is 2.44 bits per heavy atom. The van der Waals surface area contributed by atoms with Crippen molar-refractivity contribution in [1.29, 1.82) is 0 Å². The van der Waals surface area contributed by atoms with E-state index in [2.05, 4.69) is 57.2 Å². The summed E-state index contributed by atoms with van der Waals surface area (Å²) in [5, 5.41) is 14.5. The Morgan fingerprint density at radius 1 is 1.07 bits per heavy atom. The van der Waals surface area contributed by atoms with E-state index >= 15 is 0 Å². The van der Waals surface area contributed by atoms with E-state index in [1.165, 1.54) is 5.56 Å². The number of amides is 1. The number of hydrogen-bond donors (Lipinski definition) is 2. The number of unbranched alkanes of at least 4 members (excludes halogenated alkanes) is 1. The van der Waals surface area contributed by atoms with Crippen molar-refractivity contribution in [3.05, 3.63) is 42.2 Å². The number of piperazine rings is 1. The van der Waals surface area contributed by atoms with E-state index in [4.69, 9.17) is 9.72 Å². The topological polar surface area (TPSA) is 95.8 Å². The number of benzene rings is 1. The number of aliphatic hydroxyl groups is 1. The van der Waals surface area contributed by atoms with Gasteiger partial charge in [-0.1, -0.05) is 37.6 Å². The number of nitrogens with zero attached hydrogens (tertiary/aromatic N) is 5. The monoisotopic (exact) mass is 562 g/mol. The van der Waals surface area contributed by atoms with Crippen LogP contribution in [0.2, 0.25) is 0 Å². The van der Waals surface area contributed by atoms with Crippen molar-refractivity contribution in [1.82, 2.24) is 24.3 Å². The Hall–Kier alpha value is -3.17. The molecule has 2 N–H and O–H groups in total. The first-order chi connectivity index (χ1) is 19.7. The average Bonchev–Trinajstić information content (AvgIpc) is 3.32. The zero-order valence-electron chi connectivity index (χ0n) is 25.1. The molecule has 0 spiro atoms. The summed E-state index contributed by atoms with van der Waals surface area (Å²) < 4.78 is 7.85. The van der Waals surface area contributed by atoms with Crippen molar-refractivity contribution in [2.45, 2.75) is 90.5 Å². The van der Waals surface area contributed by atoms with E-state index in [1.807, 2.05) is 27.0 Å². The summed E-state index contributed by atoms with van der Waals surface area (Å²) in [5.74, 6) is 0.676. The number of rotatable bonds is 8. The Kier molecular flexibility index (Phi) is 9.14. The standard InChI is InChI=1S/C32H46N6O3/c1-5-6-15-33-30-34-20-27-28(22-38(29(27)35-30)25-11-13-26(39)14-12-25)24-9-7-23(8-10-24)21-36-16-18-37(19-17-36)31(40)41-32(2,3)4/h7-10,20,22,25-26,39H,5-6,11-19,21H2,1-4H3,(H,33,34,35). The minimum absolute atomic E-state index is 0.193. The molecule has 0 atom stereocenters. The average molecular weight is 563 g/mol. The summed E-state index contributed by atoms with van der Waals surface area (Å²) in [4.78, 5) is 26.2. The number of carbonyl (C=O) groups is 1. The molecular formula is C32H46N6O3. The lowest BCUT2D eigenvalue weighted by Gasteiger charge is -2.35. The molecule has 0 bridgehead atoms. The Balaban J connectivity index is 1.29. The molecule has 0 unspecified atom stereocenters. The van der Waals surface area contributed by atoms with Gasteiger partial charge in [-0.25, -0.2) is 9.78 Å². The Morgan fingerprint density at radius 2 is 1.78 bits per heavy atom.